The van der Waals surface area contributed by atoms with Crippen molar-refractivity contribution in [3.63, 3.8) is 0 Å². The van der Waals surface area contributed by atoms with Gasteiger partial charge in [0.2, 0.25) is 0 Å². The fraction of sp³-hybridized carbons (Fsp3) is 1.00. The van der Waals surface area contributed by atoms with Crippen molar-refractivity contribution < 1.29 is 0 Å². The zero-order valence-electron chi connectivity index (χ0n) is 9.34. The van der Waals surface area contributed by atoms with E-state index >= 15 is 0 Å². The molecule has 1 nitrogen and oxygen atoms in total. The van der Waals surface area contributed by atoms with Crippen molar-refractivity contribution in [2.24, 2.45) is 17.3 Å². The molecule has 0 aromatic carbocycles. The average Bonchev–Trinajstić information content (AvgIpc) is 2.61. The molecule has 1 heterocycles. The van der Waals surface area contributed by atoms with E-state index in [4.69, 9.17) is 0 Å². The van der Waals surface area contributed by atoms with Crippen LogP contribution < -0.4 is 0 Å². The van der Waals surface area contributed by atoms with E-state index in [1.165, 1.54) is 38.8 Å². The van der Waals surface area contributed by atoms with Crippen molar-refractivity contribution in [3.8, 4) is 0 Å². The minimum absolute atomic E-state index is 0.740. The van der Waals surface area contributed by atoms with E-state index in [1.807, 2.05) is 0 Å². The predicted molar refractivity (Wildman–Crippen MR) is 56.7 cm³/mol. The molecule has 0 aromatic heterocycles. The van der Waals surface area contributed by atoms with Gasteiger partial charge >= 0.3 is 0 Å². The quantitative estimate of drug-likeness (QED) is 0.601. The second kappa shape index (κ2) is 3.27. The second-order valence-electron chi connectivity index (χ2n) is 5.73. The first kappa shape index (κ1) is 9.51. The Morgan fingerprint density at radius 3 is 2.54 bits per heavy atom. The molecule has 1 saturated carbocycles. The van der Waals surface area contributed by atoms with Crippen molar-refractivity contribution in [1.29, 1.82) is 0 Å². The van der Waals surface area contributed by atoms with Gasteiger partial charge in [0.15, 0.2) is 0 Å². The van der Waals surface area contributed by atoms with E-state index < -0.39 is 0 Å². The van der Waals surface area contributed by atoms with E-state index in [2.05, 4.69) is 25.8 Å². The molecule has 0 bridgehead atoms. The Kier molecular flexibility index (Phi) is 2.39. The van der Waals surface area contributed by atoms with Crippen LogP contribution in [0.2, 0.25) is 0 Å². The first-order valence-electron chi connectivity index (χ1n) is 5.80. The molecule has 2 atom stereocenters. The van der Waals surface area contributed by atoms with Crippen LogP contribution in [0.15, 0.2) is 0 Å². The SMILES string of the molecule is CC(C)C1CCC2(CCN(C)C2)C1. The molecule has 2 unspecified atom stereocenters. The Morgan fingerprint density at radius 1 is 1.31 bits per heavy atom. The number of rotatable bonds is 1. The monoisotopic (exact) mass is 181 g/mol. The largest absolute Gasteiger partial charge is 0.306 e. The van der Waals surface area contributed by atoms with Crippen LogP contribution in [0.1, 0.15) is 39.5 Å². The Balaban J connectivity index is 1.97. The summed E-state index contributed by atoms with van der Waals surface area (Å²) in [7, 11) is 2.28. The predicted octanol–water partition coefficient (Wildman–Crippen LogP) is 2.76. The fourth-order valence-electron chi connectivity index (χ4n) is 3.35. The molecule has 0 amide bonds. The summed E-state index contributed by atoms with van der Waals surface area (Å²) in [4.78, 5) is 2.52. The lowest BCUT2D eigenvalue weighted by Crippen LogP contribution is -2.22. The molecule has 2 rings (SSSR count). The summed E-state index contributed by atoms with van der Waals surface area (Å²) in [5.41, 5.74) is 0.740. The van der Waals surface area contributed by atoms with Crippen molar-refractivity contribution in [2.75, 3.05) is 20.1 Å². The third-order valence-corrected chi connectivity index (χ3v) is 4.31. The highest BCUT2D eigenvalue weighted by Crippen LogP contribution is 2.49. The van der Waals surface area contributed by atoms with Crippen molar-refractivity contribution in [3.05, 3.63) is 0 Å². The lowest BCUT2D eigenvalue weighted by atomic mass is 9.83. The molecule has 1 spiro atoms. The summed E-state index contributed by atoms with van der Waals surface area (Å²) in [5.74, 6) is 1.93. The second-order valence-corrected chi connectivity index (χ2v) is 5.73. The van der Waals surface area contributed by atoms with E-state index in [0.29, 0.717) is 0 Å². The molecule has 0 aromatic rings. The zero-order valence-corrected chi connectivity index (χ0v) is 9.34. The third-order valence-electron chi connectivity index (χ3n) is 4.31. The average molecular weight is 181 g/mol. The van der Waals surface area contributed by atoms with Gasteiger partial charge in [-0.2, -0.15) is 0 Å². The summed E-state index contributed by atoms with van der Waals surface area (Å²) in [5, 5.41) is 0. The van der Waals surface area contributed by atoms with Crippen LogP contribution in [-0.2, 0) is 0 Å². The van der Waals surface area contributed by atoms with Gasteiger partial charge in [-0.1, -0.05) is 13.8 Å². The van der Waals surface area contributed by atoms with Gasteiger partial charge in [-0.25, -0.2) is 0 Å². The van der Waals surface area contributed by atoms with Gasteiger partial charge in [0.25, 0.3) is 0 Å². The van der Waals surface area contributed by atoms with E-state index in [1.54, 1.807) is 0 Å². The van der Waals surface area contributed by atoms with Crippen LogP contribution in [0.5, 0.6) is 0 Å². The Bertz CT molecular complexity index is 188. The molecule has 1 aliphatic carbocycles. The van der Waals surface area contributed by atoms with Gasteiger partial charge in [-0.05, 0) is 56.5 Å². The molecule has 2 aliphatic rings. The first-order valence-corrected chi connectivity index (χ1v) is 5.80. The zero-order chi connectivity index (χ0) is 9.47. The fourth-order valence-corrected chi connectivity index (χ4v) is 3.35. The van der Waals surface area contributed by atoms with Gasteiger partial charge in [0, 0.05) is 6.54 Å². The highest BCUT2D eigenvalue weighted by molar-refractivity contribution is 4.95. The topological polar surface area (TPSA) is 3.24 Å². The van der Waals surface area contributed by atoms with Gasteiger partial charge in [0.05, 0.1) is 0 Å². The number of hydrogen-bond donors (Lipinski definition) is 0. The summed E-state index contributed by atoms with van der Waals surface area (Å²) in [6, 6.07) is 0. The summed E-state index contributed by atoms with van der Waals surface area (Å²) < 4.78 is 0. The molecule has 0 N–H and O–H groups in total. The summed E-state index contributed by atoms with van der Waals surface area (Å²) >= 11 is 0. The first-order chi connectivity index (χ1) is 6.11. The van der Waals surface area contributed by atoms with Gasteiger partial charge in [-0.3, -0.25) is 0 Å². The molecule has 1 heteroatoms. The molecule has 13 heavy (non-hydrogen) atoms. The minimum atomic E-state index is 0.740. The Labute approximate surface area is 82.5 Å². The van der Waals surface area contributed by atoms with Crippen LogP contribution in [0.25, 0.3) is 0 Å². The molecule has 76 valence electrons. The lowest BCUT2D eigenvalue weighted by Gasteiger charge is -2.24. The molecular weight excluding hydrogens is 158 g/mol. The highest BCUT2D eigenvalue weighted by Gasteiger charge is 2.43. The number of likely N-dealkylation sites (tertiary alicyclic amines) is 1. The Hall–Kier alpha value is -0.0400. The maximum absolute atomic E-state index is 2.52. The number of nitrogens with zero attached hydrogens (tertiary/aromatic N) is 1. The van der Waals surface area contributed by atoms with Crippen LogP contribution in [0.3, 0.4) is 0 Å². The standard InChI is InChI=1S/C12H23N/c1-10(2)11-4-5-12(8-11)6-7-13(3)9-12/h10-11H,4-9H2,1-3H3. The smallest absolute Gasteiger partial charge is 0.00355 e. The number of hydrogen-bond acceptors (Lipinski definition) is 1. The summed E-state index contributed by atoms with van der Waals surface area (Å²) in [6.45, 7) is 7.49. The summed E-state index contributed by atoms with van der Waals surface area (Å²) in [6.07, 6.45) is 5.97. The Morgan fingerprint density at radius 2 is 2.08 bits per heavy atom. The molecule has 1 aliphatic heterocycles. The molecule has 1 saturated heterocycles. The van der Waals surface area contributed by atoms with Crippen LogP contribution in [0, 0.1) is 17.3 Å². The van der Waals surface area contributed by atoms with Crippen molar-refractivity contribution >= 4 is 0 Å². The van der Waals surface area contributed by atoms with E-state index in [0.717, 1.165) is 17.3 Å². The lowest BCUT2D eigenvalue weighted by molar-refractivity contribution is 0.264. The molecule has 0 radical (unpaired) electrons. The molecule has 2 fully saturated rings. The van der Waals surface area contributed by atoms with Crippen molar-refractivity contribution in [2.45, 2.75) is 39.5 Å². The minimum Gasteiger partial charge on any atom is -0.306 e. The van der Waals surface area contributed by atoms with Crippen molar-refractivity contribution in [1.82, 2.24) is 4.90 Å². The van der Waals surface area contributed by atoms with Crippen LogP contribution in [0.4, 0.5) is 0 Å². The molecular formula is C12H23N. The highest BCUT2D eigenvalue weighted by atomic mass is 15.1. The normalized spacial score (nSPS) is 41.1. The maximum atomic E-state index is 2.52. The third kappa shape index (κ3) is 1.76. The van der Waals surface area contributed by atoms with Gasteiger partial charge in [0.1, 0.15) is 0 Å². The van der Waals surface area contributed by atoms with Crippen LogP contribution >= 0.6 is 0 Å². The van der Waals surface area contributed by atoms with Gasteiger partial charge in [-0.15, -0.1) is 0 Å². The van der Waals surface area contributed by atoms with Gasteiger partial charge < -0.3 is 4.90 Å². The van der Waals surface area contributed by atoms with E-state index in [-0.39, 0.29) is 0 Å². The maximum Gasteiger partial charge on any atom is 0.00355 e. The van der Waals surface area contributed by atoms with E-state index in [9.17, 15) is 0 Å². The van der Waals surface area contributed by atoms with Crippen LogP contribution in [-0.4, -0.2) is 25.0 Å².